The molecule has 3 aromatic rings. The van der Waals surface area contributed by atoms with Crippen molar-refractivity contribution in [3.05, 3.63) is 70.1 Å². The Hall–Kier alpha value is -3.48. The van der Waals surface area contributed by atoms with Crippen LogP contribution in [0.1, 0.15) is 56.7 Å². The zero-order valence-corrected chi connectivity index (χ0v) is 19.7. The third kappa shape index (κ3) is 5.90. The number of aryl methyl sites for hydroxylation is 2. The van der Waals surface area contributed by atoms with E-state index in [4.69, 9.17) is 0 Å². The first-order valence-electron chi connectivity index (χ1n) is 12.2. The molecule has 7 nitrogen and oxygen atoms in total. The van der Waals surface area contributed by atoms with E-state index in [9.17, 15) is 14.4 Å². The van der Waals surface area contributed by atoms with Gasteiger partial charge in [-0.25, -0.2) is 4.98 Å². The zero-order valence-electron chi connectivity index (χ0n) is 19.7. The van der Waals surface area contributed by atoms with Gasteiger partial charge in [0.1, 0.15) is 12.2 Å². The molecule has 2 aromatic carbocycles. The van der Waals surface area contributed by atoms with Gasteiger partial charge >= 0.3 is 0 Å². The Bertz CT molecular complexity index is 1210. The van der Waals surface area contributed by atoms with E-state index >= 15 is 0 Å². The highest BCUT2D eigenvalue weighted by atomic mass is 16.2. The highest BCUT2D eigenvalue weighted by molar-refractivity contribution is 5.91. The number of para-hydroxylation sites is 2. The summed E-state index contributed by atoms with van der Waals surface area (Å²) in [6.45, 7) is 1.95. The van der Waals surface area contributed by atoms with Crippen LogP contribution in [-0.4, -0.2) is 27.4 Å². The Kier molecular flexibility index (Phi) is 7.72. The quantitative estimate of drug-likeness (QED) is 0.532. The number of nitrogens with zero attached hydrogens (tertiary/aromatic N) is 2. The smallest absolute Gasteiger partial charge is 0.273 e. The molecule has 0 aliphatic heterocycles. The molecule has 1 aliphatic carbocycles. The maximum absolute atomic E-state index is 13.2. The molecule has 0 spiro atoms. The van der Waals surface area contributed by atoms with Crippen LogP contribution in [0.5, 0.6) is 0 Å². The molecule has 1 saturated carbocycles. The first-order chi connectivity index (χ1) is 16.5. The van der Waals surface area contributed by atoms with E-state index in [0.29, 0.717) is 22.4 Å². The van der Waals surface area contributed by atoms with Crippen LogP contribution in [0.15, 0.2) is 53.3 Å². The second-order valence-electron chi connectivity index (χ2n) is 8.94. The summed E-state index contributed by atoms with van der Waals surface area (Å²) in [7, 11) is 0. The molecule has 178 valence electrons. The molecular formula is C27H32N4O3. The van der Waals surface area contributed by atoms with Gasteiger partial charge in [0, 0.05) is 24.6 Å². The average Bonchev–Trinajstić information content (AvgIpc) is 2.86. The van der Waals surface area contributed by atoms with E-state index in [0.717, 1.165) is 32.1 Å². The van der Waals surface area contributed by atoms with Crippen LogP contribution in [0.25, 0.3) is 11.0 Å². The van der Waals surface area contributed by atoms with Crippen molar-refractivity contribution in [2.75, 3.05) is 5.32 Å². The SMILES string of the molecule is CCc1ccc(NC(=O)Cn2c(=O)c(CCC(=O)NC3CCCCC3)nc3ccccc32)cc1. The van der Waals surface area contributed by atoms with Crippen molar-refractivity contribution in [1.82, 2.24) is 14.9 Å². The number of amides is 2. The number of anilines is 1. The van der Waals surface area contributed by atoms with E-state index in [1.54, 1.807) is 6.07 Å². The monoisotopic (exact) mass is 460 g/mol. The van der Waals surface area contributed by atoms with Crippen LogP contribution in [-0.2, 0) is 29.0 Å². The minimum atomic E-state index is -0.333. The summed E-state index contributed by atoms with van der Waals surface area (Å²) < 4.78 is 1.45. The molecule has 0 radical (unpaired) electrons. The molecule has 1 heterocycles. The lowest BCUT2D eigenvalue weighted by molar-refractivity contribution is -0.122. The summed E-state index contributed by atoms with van der Waals surface area (Å²) in [5, 5.41) is 5.95. The van der Waals surface area contributed by atoms with E-state index in [2.05, 4.69) is 22.5 Å². The first-order valence-corrected chi connectivity index (χ1v) is 12.2. The molecule has 0 saturated heterocycles. The molecule has 1 aromatic heterocycles. The van der Waals surface area contributed by atoms with Crippen molar-refractivity contribution in [3.63, 3.8) is 0 Å². The van der Waals surface area contributed by atoms with Crippen LogP contribution >= 0.6 is 0 Å². The lowest BCUT2D eigenvalue weighted by Gasteiger charge is -2.22. The van der Waals surface area contributed by atoms with Gasteiger partial charge in [-0.1, -0.05) is 50.5 Å². The summed E-state index contributed by atoms with van der Waals surface area (Å²) in [5.41, 5.74) is 3.07. The minimum absolute atomic E-state index is 0.0546. The van der Waals surface area contributed by atoms with Crippen LogP contribution in [0, 0.1) is 0 Å². The van der Waals surface area contributed by atoms with Crippen molar-refractivity contribution < 1.29 is 9.59 Å². The van der Waals surface area contributed by atoms with Gasteiger partial charge in [-0.15, -0.1) is 0 Å². The Labute approximate surface area is 199 Å². The Balaban J connectivity index is 1.49. The van der Waals surface area contributed by atoms with Gasteiger partial charge in [0.2, 0.25) is 11.8 Å². The largest absolute Gasteiger partial charge is 0.353 e. The van der Waals surface area contributed by atoms with Crippen molar-refractivity contribution >= 4 is 28.5 Å². The molecule has 1 fully saturated rings. The van der Waals surface area contributed by atoms with Crippen molar-refractivity contribution in [3.8, 4) is 0 Å². The number of fused-ring (bicyclic) bond motifs is 1. The molecular weight excluding hydrogens is 428 g/mol. The zero-order chi connectivity index (χ0) is 23.9. The molecule has 7 heteroatoms. The second-order valence-corrected chi connectivity index (χ2v) is 8.94. The Morgan fingerprint density at radius 2 is 1.74 bits per heavy atom. The second kappa shape index (κ2) is 11.1. The van der Waals surface area contributed by atoms with Gasteiger partial charge in [-0.2, -0.15) is 0 Å². The molecule has 1 aliphatic rings. The van der Waals surface area contributed by atoms with Crippen LogP contribution in [0.2, 0.25) is 0 Å². The number of carbonyl (C=O) groups excluding carboxylic acids is 2. The maximum Gasteiger partial charge on any atom is 0.273 e. The average molecular weight is 461 g/mol. The van der Waals surface area contributed by atoms with E-state index in [1.807, 2.05) is 42.5 Å². The fourth-order valence-electron chi connectivity index (χ4n) is 4.51. The number of carbonyl (C=O) groups is 2. The van der Waals surface area contributed by atoms with Crippen LogP contribution in [0.4, 0.5) is 5.69 Å². The Morgan fingerprint density at radius 3 is 2.47 bits per heavy atom. The third-order valence-electron chi connectivity index (χ3n) is 6.43. The summed E-state index contributed by atoms with van der Waals surface area (Å²) in [6, 6.07) is 15.2. The highest BCUT2D eigenvalue weighted by Crippen LogP contribution is 2.18. The number of hydrogen-bond donors (Lipinski definition) is 2. The van der Waals surface area contributed by atoms with Gasteiger partial charge in [0.25, 0.3) is 5.56 Å². The number of hydrogen-bond acceptors (Lipinski definition) is 4. The van der Waals surface area contributed by atoms with Crippen molar-refractivity contribution in [2.45, 2.75) is 70.9 Å². The van der Waals surface area contributed by atoms with Gasteiger partial charge in [-0.05, 0) is 49.1 Å². The predicted molar refractivity (Wildman–Crippen MR) is 134 cm³/mol. The lowest BCUT2D eigenvalue weighted by atomic mass is 9.95. The van der Waals surface area contributed by atoms with Crippen LogP contribution in [0.3, 0.4) is 0 Å². The predicted octanol–water partition coefficient (Wildman–Crippen LogP) is 3.98. The van der Waals surface area contributed by atoms with E-state index in [-0.39, 0.29) is 42.8 Å². The van der Waals surface area contributed by atoms with Gasteiger partial charge in [0.15, 0.2) is 0 Å². The molecule has 2 N–H and O–H groups in total. The molecule has 2 amide bonds. The topological polar surface area (TPSA) is 93.1 Å². The summed E-state index contributed by atoms with van der Waals surface area (Å²) in [5.74, 6) is -0.343. The van der Waals surface area contributed by atoms with Gasteiger partial charge < -0.3 is 10.6 Å². The molecule has 0 atom stereocenters. The van der Waals surface area contributed by atoms with Crippen molar-refractivity contribution in [1.29, 1.82) is 0 Å². The van der Waals surface area contributed by atoms with E-state index < -0.39 is 0 Å². The van der Waals surface area contributed by atoms with Gasteiger partial charge in [0.05, 0.1) is 11.0 Å². The normalized spacial score (nSPS) is 14.1. The van der Waals surface area contributed by atoms with Gasteiger partial charge in [-0.3, -0.25) is 19.0 Å². The van der Waals surface area contributed by atoms with Crippen LogP contribution < -0.4 is 16.2 Å². The fourth-order valence-corrected chi connectivity index (χ4v) is 4.51. The molecule has 34 heavy (non-hydrogen) atoms. The summed E-state index contributed by atoms with van der Waals surface area (Å²) in [4.78, 5) is 43.0. The number of rotatable bonds is 8. The number of aromatic nitrogens is 2. The summed E-state index contributed by atoms with van der Waals surface area (Å²) >= 11 is 0. The first kappa shape index (κ1) is 23.7. The Morgan fingerprint density at radius 1 is 1.00 bits per heavy atom. The molecule has 4 rings (SSSR count). The fraction of sp³-hybridized carbons (Fsp3) is 0.407. The standard InChI is InChI=1S/C27H32N4O3/c1-2-19-12-14-21(15-13-19)29-26(33)18-31-24-11-7-6-10-22(24)30-23(27(31)34)16-17-25(32)28-20-8-4-3-5-9-20/h6-7,10-15,20H,2-5,8-9,16-18H2,1H3,(H,28,32)(H,29,33). The third-order valence-corrected chi connectivity index (χ3v) is 6.43. The minimum Gasteiger partial charge on any atom is -0.353 e. The van der Waals surface area contributed by atoms with E-state index in [1.165, 1.54) is 16.6 Å². The lowest BCUT2D eigenvalue weighted by Crippen LogP contribution is -2.37. The van der Waals surface area contributed by atoms with Crippen molar-refractivity contribution in [2.24, 2.45) is 0 Å². The number of nitrogens with one attached hydrogen (secondary N) is 2. The highest BCUT2D eigenvalue weighted by Gasteiger charge is 2.18. The number of benzene rings is 2. The molecule has 0 bridgehead atoms. The molecule has 0 unspecified atom stereocenters. The summed E-state index contributed by atoms with van der Waals surface area (Å²) in [6.07, 6.45) is 6.92. The maximum atomic E-state index is 13.2.